The van der Waals surface area contributed by atoms with Gasteiger partial charge < -0.3 is 0 Å². The minimum atomic E-state index is 0.753. The molecule has 16 heavy (non-hydrogen) atoms. The van der Waals surface area contributed by atoms with Crippen LogP contribution in [0.15, 0.2) is 29.6 Å². The van der Waals surface area contributed by atoms with Gasteiger partial charge in [-0.1, -0.05) is 28.8 Å². The lowest BCUT2D eigenvalue weighted by Gasteiger charge is -2.01. The SMILES string of the molecule is ClCCCCc1ccc(-c2csnn2)cc1. The van der Waals surface area contributed by atoms with Crippen molar-refractivity contribution in [2.24, 2.45) is 0 Å². The van der Waals surface area contributed by atoms with E-state index in [2.05, 4.69) is 33.9 Å². The third-order valence-electron chi connectivity index (χ3n) is 2.46. The smallest absolute Gasteiger partial charge is 0.105 e. The molecule has 0 radical (unpaired) electrons. The zero-order chi connectivity index (χ0) is 11.2. The summed E-state index contributed by atoms with van der Waals surface area (Å²) in [5, 5.41) is 6.00. The first-order valence-electron chi connectivity index (χ1n) is 5.32. The maximum atomic E-state index is 5.65. The average molecular weight is 253 g/mol. The highest BCUT2D eigenvalue weighted by Gasteiger charge is 2.00. The van der Waals surface area contributed by atoms with Crippen LogP contribution in [0, 0.1) is 0 Å². The fourth-order valence-electron chi connectivity index (χ4n) is 1.56. The highest BCUT2D eigenvalue weighted by molar-refractivity contribution is 7.03. The van der Waals surface area contributed by atoms with E-state index in [-0.39, 0.29) is 0 Å². The van der Waals surface area contributed by atoms with Crippen molar-refractivity contribution in [2.45, 2.75) is 19.3 Å². The van der Waals surface area contributed by atoms with Crippen LogP contribution >= 0.6 is 23.1 Å². The van der Waals surface area contributed by atoms with E-state index < -0.39 is 0 Å². The van der Waals surface area contributed by atoms with Gasteiger partial charge >= 0.3 is 0 Å². The zero-order valence-corrected chi connectivity index (χ0v) is 10.5. The number of benzene rings is 1. The molecular weight excluding hydrogens is 240 g/mol. The molecule has 0 aliphatic carbocycles. The summed E-state index contributed by atoms with van der Waals surface area (Å²) in [4.78, 5) is 0. The number of aryl methyl sites for hydroxylation is 1. The Kier molecular flexibility index (Phi) is 4.31. The molecule has 0 saturated carbocycles. The zero-order valence-electron chi connectivity index (χ0n) is 8.90. The Balaban J connectivity index is 2.00. The topological polar surface area (TPSA) is 25.8 Å². The molecule has 84 valence electrons. The number of unbranched alkanes of at least 4 members (excludes halogenated alkanes) is 1. The lowest BCUT2D eigenvalue weighted by Crippen LogP contribution is -1.87. The standard InChI is InChI=1S/C12H13ClN2S/c13-8-2-1-3-10-4-6-11(7-5-10)12-9-16-15-14-12/h4-7,9H,1-3,8H2. The van der Waals surface area contributed by atoms with Gasteiger partial charge in [-0.3, -0.25) is 0 Å². The van der Waals surface area contributed by atoms with E-state index in [9.17, 15) is 0 Å². The van der Waals surface area contributed by atoms with Crippen molar-refractivity contribution in [1.82, 2.24) is 9.59 Å². The van der Waals surface area contributed by atoms with E-state index >= 15 is 0 Å². The Morgan fingerprint density at radius 1 is 1.12 bits per heavy atom. The van der Waals surface area contributed by atoms with Gasteiger partial charge in [0, 0.05) is 16.8 Å². The maximum absolute atomic E-state index is 5.65. The van der Waals surface area contributed by atoms with Gasteiger partial charge in [-0.05, 0) is 36.4 Å². The van der Waals surface area contributed by atoms with Crippen LogP contribution in [-0.2, 0) is 6.42 Å². The van der Waals surface area contributed by atoms with Gasteiger partial charge in [-0.2, -0.15) is 0 Å². The van der Waals surface area contributed by atoms with E-state index in [0.717, 1.165) is 36.4 Å². The molecule has 2 nitrogen and oxygen atoms in total. The van der Waals surface area contributed by atoms with Crippen LogP contribution in [0.1, 0.15) is 18.4 Å². The Bertz CT molecular complexity index is 411. The minimum Gasteiger partial charge on any atom is -0.138 e. The fraction of sp³-hybridized carbons (Fsp3) is 0.333. The highest BCUT2D eigenvalue weighted by atomic mass is 35.5. The van der Waals surface area contributed by atoms with E-state index in [1.807, 2.05) is 5.38 Å². The average Bonchev–Trinajstić information content (AvgIpc) is 2.84. The highest BCUT2D eigenvalue weighted by Crippen LogP contribution is 2.18. The maximum Gasteiger partial charge on any atom is 0.105 e. The number of hydrogen-bond donors (Lipinski definition) is 0. The third kappa shape index (κ3) is 3.03. The quantitative estimate of drug-likeness (QED) is 0.598. The summed E-state index contributed by atoms with van der Waals surface area (Å²) in [6, 6.07) is 8.52. The van der Waals surface area contributed by atoms with Gasteiger partial charge in [-0.15, -0.1) is 16.7 Å². The third-order valence-corrected chi connectivity index (χ3v) is 3.23. The van der Waals surface area contributed by atoms with Crippen molar-refractivity contribution in [3.05, 3.63) is 35.2 Å². The fourth-order valence-corrected chi connectivity index (χ4v) is 2.21. The molecule has 0 unspecified atom stereocenters. The Morgan fingerprint density at radius 3 is 2.56 bits per heavy atom. The molecule has 2 rings (SSSR count). The molecule has 1 heterocycles. The van der Waals surface area contributed by atoms with Crippen LogP contribution in [0.3, 0.4) is 0 Å². The van der Waals surface area contributed by atoms with Gasteiger partial charge in [0.1, 0.15) is 5.69 Å². The van der Waals surface area contributed by atoms with Crippen molar-refractivity contribution < 1.29 is 0 Å². The number of alkyl halides is 1. The summed E-state index contributed by atoms with van der Waals surface area (Å²) in [7, 11) is 0. The van der Waals surface area contributed by atoms with Crippen molar-refractivity contribution in [3.8, 4) is 11.3 Å². The number of rotatable bonds is 5. The molecule has 4 heteroatoms. The summed E-state index contributed by atoms with van der Waals surface area (Å²) in [5.74, 6) is 0.753. The number of aromatic nitrogens is 2. The summed E-state index contributed by atoms with van der Waals surface area (Å²) in [6.07, 6.45) is 3.34. The molecule has 0 atom stereocenters. The first kappa shape index (κ1) is 11.6. The second-order valence-electron chi connectivity index (χ2n) is 3.63. The number of hydrogen-bond acceptors (Lipinski definition) is 3. The summed E-state index contributed by atoms with van der Waals surface area (Å²) in [6.45, 7) is 0. The molecule has 1 aromatic heterocycles. The van der Waals surface area contributed by atoms with Gasteiger partial charge in [-0.25, -0.2) is 0 Å². The van der Waals surface area contributed by atoms with Crippen LogP contribution in [0.2, 0.25) is 0 Å². The summed E-state index contributed by atoms with van der Waals surface area (Å²) < 4.78 is 3.86. The van der Waals surface area contributed by atoms with Gasteiger partial charge in [0.25, 0.3) is 0 Å². The molecule has 1 aromatic carbocycles. The molecule has 0 spiro atoms. The van der Waals surface area contributed by atoms with E-state index in [1.165, 1.54) is 17.1 Å². The van der Waals surface area contributed by atoms with Crippen molar-refractivity contribution >= 4 is 23.1 Å². The predicted molar refractivity (Wildman–Crippen MR) is 69.0 cm³/mol. The van der Waals surface area contributed by atoms with Crippen molar-refractivity contribution in [1.29, 1.82) is 0 Å². The molecule has 0 bridgehead atoms. The molecular formula is C12H13ClN2S. The Morgan fingerprint density at radius 2 is 1.94 bits per heavy atom. The molecule has 2 aromatic rings. The second-order valence-corrected chi connectivity index (χ2v) is 4.62. The Hall–Kier alpha value is -0.930. The van der Waals surface area contributed by atoms with Crippen LogP contribution in [0.25, 0.3) is 11.3 Å². The predicted octanol–water partition coefficient (Wildman–Crippen LogP) is 3.77. The molecule has 0 fully saturated rings. The van der Waals surface area contributed by atoms with Crippen LogP contribution in [0.4, 0.5) is 0 Å². The first-order valence-corrected chi connectivity index (χ1v) is 6.69. The molecule has 0 N–H and O–H groups in total. The van der Waals surface area contributed by atoms with Crippen molar-refractivity contribution in [2.75, 3.05) is 5.88 Å². The molecule has 0 saturated heterocycles. The summed E-state index contributed by atoms with van der Waals surface area (Å²) >= 11 is 7.03. The van der Waals surface area contributed by atoms with Crippen LogP contribution in [-0.4, -0.2) is 15.5 Å². The molecule has 0 amide bonds. The first-order chi connectivity index (χ1) is 7.90. The number of nitrogens with zero attached hydrogens (tertiary/aromatic N) is 2. The lowest BCUT2D eigenvalue weighted by atomic mass is 10.1. The largest absolute Gasteiger partial charge is 0.138 e. The van der Waals surface area contributed by atoms with Gasteiger partial charge in [0.05, 0.1) is 0 Å². The number of halogens is 1. The normalized spacial score (nSPS) is 10.6. The van der Waals surface area contributed by atoms with E-state index in [4.69, 9.17) is 11.6 Å². The Labute approximate surface area is 104 Å². The monoisotopic (exact) mass is 252 g/mol. The summed E-state index contributed by atoms with van der Waals surface area (Å²) in [5.41, 5.74) is 3.45. The van der Waals surface area contributed by atoms with E-state index in [0.29, 0.717) is 0 Å². The molecule has 0 aliphatic heterocycles. The van der Waals surface area contributed by atoms with Crippen LogP contribution in [0.5, 0.6) is 0 Å². The minimum absolute atomic E-state index is 0.753. The second kappa shape index (κ2) is 5.97. The van der Waals surface area contributed by atoms with Gasteiger partial charge in [0.15, 0.2) is 0 Å². The van der Waals surface area contributed by atoms with Crippen molar-refractivity contribution in [3.63, 3.8) is 0 Å². The molecule has 0 aliphatic rings. The van der Waals surface area contributed by atoms with E-state index in [1.54, 1.807) is 0 Å². The van der Waals surface area contributed by atoms with Crippen LogP contribution < -0.4 is 0 Å². The van der Waals surface area contributed by atoms with Gasteiger partial charge in [0.2, 0.25) is 0 Å². The lowest BCUT2D eigenvalue weighted by molar-refractivity contribution is 0.800.